The smallest absolute Gasteiger partial charge is 0.325 e. The Kier molecular flexibility index (Phi) is 3.27. The van der Waals surface area contributed by atoms with Gasteiger partial charge in [-0.15, -0.1) is 0 Å². The molecule has 0 spiro atoms. The maximum Gasteiger partial charge on any atom is 0.349 e. The molecule has 0 amide bonds. The number of halogens is 2. The highest BCUT2D eigenvalue weighted by Gasteiger charge is 2.23. The van der Waals surface area contributed by atoms with E-state index >= 15 is 0 Å². The van der Waals surface area contributed by atoms with Crippen molar-refractivity contribution < 1.29 is 8.50 Å². The van der Waals surface area contributed by atoms with Crippen LogP contribution in [-0.2, 0) is 13.4 Å². The van der Waals surface area contributed by atoms with E-state index in [0.717, 1.165) is 35.0 Å². The Labute approximate surface area is 157 Å². The number of anilines is 2. The molecule has 4 nitrogen and oxygen atoms in total. The monoisotopic (exact) mass is 404 g/mol. The molecule has 4 rings (SSSR count). The van der Waals surface area contributed by atoms with Gasteiger partial charge in [0.1, 0.15) is 5.82 Å². The zero-order chi connectivity index (χ0) is 20.1. The van der Waals surface area contributed by atoms with Crippen molar-refractivity contribution in [3.8, 4) is 0 Å². The SMILES string of the molecule is [2H]C([2H])([2H])n1c(=O)nc(N2CCCCc3c(Br)cccc32)c2c(F)cccc21. The average Bonchev–Trinajstić information content (AvgIpc) is 2.83. The van der Waals surface area contributed by atoms with Crippen molar-refractivity contribution in [2.24, 2.45) is 6.98 Å². The lowest BCUT2D eigenvalue weighted by Crippen LogP contribution is -2.27. The van der Waals surface area contributed by atoms with Gasteiger partial charge >= 0.3 is 5.69 Å². The number of aromatic nitrogens is 2. The Morgan fingerprint density at radius 3 is 2.92 bits per heavy atom. The summed E-state index contributed by atoms with van der Waals surface area (Å²) < 4.78 is 39.4. The second-order valence-corrected chi connectivity index (χ2v) is 6.89. The zero-order valence-corrected chi connectivity index (χ0v) is 14.9. The molecule has 3 aromatic rings. The van der Waals surface area contributed by atoms with E-state index in [2.05, 4.69) is 20.9 Å². The second-order valence-electron chi connectivity index (χ2n) is 6.03. The average molecular weight is 405 g/mol. The summed E-state index contributed by atoms with van der Waals surface area (Å²) in [4.78, 5) is 18.5. The molecule has 0 atom stereocenters. The highest BCUT2D eigenvalue weighted by Crippen LogP contribution is 2.38. The van der Waals surface area contributed by atoms with Crippen molar-refractivity contribution in [2.75, 3.05) is 11.4 Å². The summed E-state index contributed by atoms with van der Waals surface area (Å²) in [6.07, 6.45) is 2.62. The van der Waals surface area contributed by atoms with E-state index in [9.17, 15) is 9.18 Å². The molecule has 0 unspecified atom stereocenters. The molecule has 2 heterocycles. The van der Waals surface area contributed by atoms with Crippen molar-refractivity contribution in [1.29, 1.82) is 0 Å². The van der Waals surface area contributed by atoms with E-state index in [1.165, 1.54) is 18.2 Å². The molecule has 0 bridgehead atoms. The Morgan fingerprint density at radius 2 is 2.08 bits per heavy atom. The van der Waals surface area contributed by atoms with E-state index in [1.54, 1.807) is 0 Å². The van der Waals surface area contributed by atoms with Gasteiger partial charge in [0.2, 0.25) is 0 Å². The molecule has 1 aromatic heterocycles. The lowest BCUT2D eigenvalue weighted by Gasteiger charge is -2.26. The molecule has 128 valence electrons. The largest absolute Gasteiger partial charge is 0.349 e. The van der Waals surface area contributed by atoms with Gasteiger partial charge in [0.05, 0.1) is 10.9 Å². The molecular formula is C19H17BrFN3O. The summed E-state index contributed by atoms with van der Waals surface area (Å²) in [5, 5.41) is 0.0334. The predicted octanol–water partition coefficient (Wildman–Crippen LogP) is 4.31. The molecule has 6 heteroatoms. The van der Waals surface area contributed by atoms with Gasteiger partial charge in [-0.05, 0) is 49.1 Å². The lowest BCUT2D eigenvalue weighted by molar-refractivity contribution is 0.637. The first-order valence-corrected chi connectivity index (χ1v) is 8.85. The molecule has 0 radical (unpaired) electrons. The van der Waals surface area contributed by atoms with Gasteiger partial charge in [-0.25, -0.2) is 9.18 Å². The molecule has 0 aliphatic carbocycles. The first-order chi connectivity index (χ1) is 13.3. The van der Waals surface area contributed by atoms with Gasteiger partial charge < -0.3 is 4.90 Å². The van der Waals surface area contributed by atoms with Crippen molar-refractivity contribution in [3.05, 3.63) is 62.7 Å². The first-order valence-electron chi connectivity index (χ1n) is 9.56. The molecule has 25 heavy (non-hydrogen) atoms. The fourth-order valence-corrected chi connectivity index (χ4v) is 3.93. The number of fused-ring (bicyclic) bond motifs is 2. The molecule has 0 saturated carbocycles. The normalized spacial score (nSPS) is 16.7. The van der Waals surface area contributed by atoms with Crippen LogP contribution < -0.4 is 10.6 Å². The Bertz CT molecular complexity index is 1130. The molecule has 1 aliphatic rings. The highest BCUT2D eigenvalue weighted by molar-refractivity contribution is 9.10. The fraction of sp³-hybridized carbons (Fsp3) is 0.263. The van der Waals surface area contributed by atoms with Crippen LogP contribution in [0.25, 0.3) is 10.9 Å². The van der Waals surface area contributed by atoms with Crippen LogP contribution in [0.2, 0.25) is 0 Å². The van der Waals surface area contributed by atoms with Crippen LogP contribution in [-0.4, -0.2) is 16.1 Å². The number of benzene rings is 2. The summed E-state index contributed by atoms with van der Waals surface area (Å²) >= 11 is 3.57. The molecule has 2 aromatic carbocycles. The summed E-state index contributed by atoms with van der Waals surface area (Å²) in [6, 6.07) is 9.83. The number of nitrogens with zero attached hydrogens (tertiary/aromatic N) is 3. The number of hydrogen-bond acceptors (Lipinski definition) is 3. The van der Waals surface area contributed by atoms with Crippen molar-refractivity contribution in [3.63, 3.8) is 0 Å². The molecule has 0 N–H and O–H groups in total. The van der Waals surface area contributed by atoms with Gasteiger partial charge in [-0.3, -0.25) is 4.57 Å². The van der Waals surface area contributed by atoms with Gasteiger partial charge in [-0.2, -0.15) is 4.98 Å². The minimum absolute atomic E-state index is 0.00999. The summed E-state index contributed by atoms with van der Waals surface area (Å²) in [7, 11) is 0. The van der Waals surface area contributed by atoms with Crippen LogP contribution in [0.3, 0.4) is 0 Å². The second kappa shape index (κ2) is 6.26. The van der Waals surface area contributed by atoms with E-state index in [-0.39, 0.29) is 16.7 Å². The summed E-state index contributed by atoms with van der Waals surface area (Å²) in [5.41, 5.74) is 0.992. The van der Waals surface area contributed by atoms with E-state index in [0.29, 0.717) is 11.1 Å². The van der Waals surface area contributed by atoms with Crippen molar-refractivity contribution in [1.82, 2.24) is 9.55 Å². The van der Waals surface area contributed by atoms with Gasteiger partial charge in [-0.1, -0.05) is 28.1 Å². The van der Waals surface area contributed by atoms with E-state index < -0.39 is 18.5 Å². The number of hydrogen-bond donors (Lipinski definition) is 0. The minimum Gasteiger partial charge on any atom is -0.325 e. The molecular weight excluding hydrogens is 385 g/mol. The topological polar surface area (TPSA) is 38.1 Å². The summed E-state index contributed by atoms with van der Waals surface area (Å²) in [5.74, 6) is -0.460. The Balaban J connectivity index is 2.07. The minimum atomic E-state index is -2.76. The third-order valence-electron chi connectivity index (χ3n) is 4.55. The molecule has 0 fully saturated rings. The first kappa shape index (κ1) is 13.1. The quantitative estimate of drug-likeness (QED) is 0.606. The van der Waals surface area contributed by atoms with Crippen LogP contribution in [0.4, 0.5) is 15.9 Å². The Morgan fingerprint density at radius 1 is 1.24 bits per heavy atom. The maximum absolute atomic E-state index is 14.9. The number of aryl methyl sites for hydroxylation is 1. The van der Waals surface area contributed by atoms with E-state index in [4.69, 9.17) is 4.11 Å². The predicted molar refractivity (Wildman–Crippen MR) is 101 cm³/mol. The van der Waals surface area contributed by atoms with Crippen LogP contribution in [0.15, 0.2) is 45.7 Å². The van der Waals surface area contributed by atoms with Crippen molar-refractivity contribution in [2.45, 2.75) is 19.3 Å². The summed E-state index contributed by atoms with van der Waals surface area (Å²) in [6.45, 7) is -2.20. The van der Waals surface area contributed by atoms with Crippen LogP contribution >= 0.6 is 15.9 Å². The fourth-order valence-electron chi connectivity index (χ4n) is 3.38. The highest BCUT2D eigenvalue weighted by atomic mass is 79.9. The van der Waals surface area contributed by atoms with Gasteiger partial charge in [0.25, 0.3) is 0 Å². The third-order valence-corrected chi connectivity index (χ3v) is 5.29. The number of rotatable bonds is 1. The molecule has 0 saturated heterocycles. The van der Waals surface area contributed by atoms with Gasteiger partial charge in [0, 0.05) is 27.8 Å². The maximum atomic E-state index is 14.9. The van der Waals surface area contributed by atoms with Crippen LogP contribution in [0.1, 0.15) is 22.5 Å². The van der Waals surface area contributed by atoms with E-state index in [1.807, 2.05) is 23.1 Å². The van der Waals surface area contributed by atoms with Crippen LogP contribution in [0.5, 0.6) is 0 Å². The third kappa shape index (κ3) is 2.65. The van der Waals surface area contributed by atoms with Crippen molar-refractivity contribution >= 4 is 38.3 Å². The standard InChI is InChI=1S/C19H17BrFN3O/c1-23-16-10-5-8-14(21)17(16)18(22-19(23)25)24-11-3-2-6-12-13(20)7-4-9-15(12)24/h4-5,7-10H,2-3,6,11H2,1H3/i1D3. The van der Waals surface area contributed by atoms with Gasteiger partial charge in [0.15, 0.2) is 5.82 Å². The zero-order valence-electron chi connectivity index (χ0n) is 16.3. The van der Waals surface area contributed by atoms with Crippen LogP contribution in [0, 0.1) is 5.82 Å². The molecule has 1 aliphatic heterocycles. The Hall–Kier alpha value is -2.21. The lowest BCUT2D eigenvalue weighted by atomic mass is 10.1.